The van der Waals surface area contributed by atoms with Gasteiger partial charge in [0.05, 0.1) is 18.2 Å². The Morgan fingerprint density at radius 2 is 1.84 bits per heavy atom. The number of nitrogens with zero attached hydrogens (tertiary/aromatic N) is 1. The van der Waals surface area contributed by atoms with Crippen molar-refractivity contribution in [3.63, 3.8) is 0 Å². The summed E-state index contributed by atoms with van der Waals surface area (Å²) in [5.41, 5.74) is 5.27. The third-order valence-corrected chi connectivity index (χ3v) is 7.11. The minimum Gasteiger partial charge on any atom is -0.477 e. The second-order valence-electron chi connectivity index (χ2n) is 9.33. The molecule has 1 heterocycles. The average molecular weight is 537 g/mol. The number of carbonyl (C=O) groups excluding carboxylic acids is 2. The summed E-state index contributed by atoms with van der Waals surface area (Å²) < 4.78 is 26.1. The molecule has 0 aliphatic heterocycles. The summed E-state index contributed by atoms with van der Waals surface area (Å²) in [5.74, 6) is -0.648. The van der Waals surface area contributed by atoms with Crippen molar-refractivity contribution in [1.29, 1.82) is 0 Å². The molecule has 0 saturated carbocycles. The van der Waals surface area contributed by atoms with E-state index in [1.54, 1.807) is 31.2 Å². The second-order valence-corrected chi connectivity index (χ2v) is 9.74. The quantitative estimate of drug-likeness (QED) is 0.268. The molecule has 38 heavy (non-hydrogen) atoms. The van der Waals surface area contributed by atoms with Crippen molar-refractivity contribution < 1.29 is 23.5 Å². The van der Waals surface area contributed by atoms with Crippen LogP contribution >= 0.6 is 11.6 Å². The zero-order chi connectivity index (χ0) is 27.6. The molecule has 1 amide bonds. The third kappa shape index (κ3) is 5.68. The Morgan fingerprint density at radius 1 is 1.08 bits per heavy atom. The molecular formula is C30H30ClFN2O4. The van der Waals surface area contributed by atoms with Crippen LogP contribution in [0.15, 0.2) is 60.7 Å². The predicted molar refractivity (Wildman–Crippen MR) is 146 cm³/mol. The maximum absolute atomic E-state index is 13.6. The molecule has 3 aromatic carbocycles. The number of halogens is 2. The van der Waals surface area contributed by atoms with Crippen LogP contribution in [0.4, 0.5) is 4.39 Å². The van der Waals surface area contributed by atoms with Gasteiger partial charge in [0.15, 0.2) is 6.10 Å². The van der Waals surface area contributed by atoms with E-state index >= 15 is 0 Å². The SMILES string of the molecule is COC(=O)[C@@H](C)Oc1cc(Cc2c(C)n(C)c3cc(C(=O)N[C@@H](C)c4cccc(F)c4)ccc23)ccc1Cl. The molecule has 2 atom stereocenters. The van der Waals surface area contributed by atoms with E-state index in [0.29, 0.717) is 28.3 Å². The van der Waals surface area contributed by atoms with Gasteiger partial charge in [-0.2, -0.15) is 0 Å². The first kappa shape index (κ1) is 27.2. The molecule has 4 aromatic rings. The number of ether oxygens (including phenoxy) is 2. The second kappa shape index (κ2) is 11.3. The monoisotopic (exact) mass is 536 g/mol. The van der Waals surface area contributed by atoms with Gasteiger partial charge in [-0.15, -0.1) is 0 Å². The Balaban J connectivity index is 1.58. The van der Waals surface area contributed by atoms with Gasteiger partial charge in [-0.25, -0.2) is 9.18 Å². The number of hydrogen-bond donors (Lipinski definition) is 1. The maximum Gasteiger partial charge on any atom is 0.346 e. The Labute approximate surface area is 226 Å². The molecular weight excluding hydrogens is 507 g/mol. The van der Waals surface area contributed by atoms with Gasteiger partial charge in [0.2, 0.25) is 0 Å². The largest absolute Gasteiger partial charge is 0.477 e. The number of amides is 1. The predicted octanol–water partition coefficient (Wildman–Crippen LogP) is 6.30. The van der Waals surface area contributed by atoms with Crippen molar-refractivity contribution in [3.05, 3.63) is 99.5 Å². The van der Waals surface area contributed by atoms with Crippen LogP contribution in [0.2, 0.25) is 5.02 Å². The van der Waals surface area contributed by atoms with Crippen molar-refractivity contribution in [1.82, 2.24) is 9.88 Å². The number of rotatable bonds is 8. The summed E-state index contributed by atoms with van der Waals surface area (Å²) in [7, 11) is 3.27. The number of nitrogens with one attached hydrogen (secondary N) is 1. The number of esters is 1. The first-order chi connectivity index (χ1) is 18.1. The zero-order valence-corrected chi connectivity index (χ0v) is 22.7. The van der Waals surface area contributed by atoms with E-state index in [2.05, 4.69) is 9.88 Å². The third-order valence-electron chi connectivity index (χ3n) is 6.80. The minimum atomic E-state index is -0.791. The van der Waals surface area contributed by atoms with Crippen molar-refractivity contribution in [2.75, 3.05) is 7.11 Å². The van der Waals surface area contributed by atoms with Gasteiger partial charge >= 0.3 is 5.97 Å². The topological polar surface area (TPSA) is 69.6 Å². The van der Waals surface area contributed by atoms with E-state index in [9.17, 15) is 14.0 Å². The van der Waals surface area contributed by atoms with Crippen LogP contribution in [-0.4, -0.2) is 29.7 Å². The molecule has 8 heteroatoms. The molecule has 0 aliphatic carbocycles. The molecule has 4 rings (SSSR count). The van der Waals surface area contributed by atoms with E-state index in [4.69, 9.17) is 21.1 Å². The molecule has 0 aliphatic rings. The molecule has 0 unspecified atom stereocenters. The fourth-order valence-electron chi connectivity index (χ4n) is 4.50. The number of benzene rings is 3. The fourth-order valence-corrected chi connectivity index (χ4v) is 4.66. The van der Waals surface area contributed by atoms with E-state index in [-0.39, 0.29) is 17.8 Å². The normalized spacial score (nSPS) is 12.7. The Hall–Kier alpha value is -3.84. The molecule has 1 N–H and O–H groups in total. The maximum atomic E-state index is 13.6. The first-order valence-electron chi connectivity index (χ1n) is 12.3. The Morgan fingerprint density at radius 3 is 2.55 bits per heavy atom. The summed E-state index contributed by atoms with van der Waals surface area (Å²) in [4.78, 5) is 24.8. The van der Waals surface area contributed by atoms with Crippen LogP contribution in [-0.2, 0) is 23.0 Å². The van der Waals surface area contributed by atoms with Crippen molar-refractivity contribution in [2.45, 2.75) is 39.3 Å². The molecule has 198 valence electrons. The Bertz CT molecular complexity index is 1510. The fraction of sp³-hybridized carbons (Fsp3) is 0.267. The number of aryl methyl sites for hydroxylation is 1. The lowest BCUT2D eigenvalue weighted by molar-refractivity contribution is -0.147. The lowest BCUT2D eigenvalue weighted by Crippen LogP contribution is -2.26. The highest BCUT2D eigenvalue weighted by Crippen LogP contribution is 2.32. The molecule has 0 spiro atoms. The van der Waals surface area contributed by atoms with Gasteiger partial charge in [0, 0.05) is 29.2 Å². The van der Waals surface area contributed by atoms with E-state index in [0.717, 1.165) is 27.7 Å². The number of methoxy groups -OCH3 is 1. The summed E-state index contributed by atoms with van der Waals surface area (Å²) >= 11 is 6.31. The van der Waals surface area contributed by atoms with Gasteiger partial charge in [0.25, 0.3) is 5.91 Å². The highest BCUT2D eigenvalue weighted by molar-refractivity contribution is 6.32. The first-order valence-corrected chi connectivity index (χ1v) is 12.6. The molecule has 0 saturated heterocycles. The standard InChI is InChI=1S/C30H30ClFN2O4/c1-17(21-7-6-8-23(32)15-21)33-29(35)22-10-11-24-25(18(2)34(4)27(24)16-22)13-20-9-12-26(31)28(14-20)38-19(3)30(36)37-5/h6-12,14-17,19H,13H2,1-5H3,(H,33,35)/t17-,19+/m0/s1. The summed E-state index contributed by atoms with van der Waals surface area (Å²) in [6, 6.07) is 17.0. The minimum absolute atomic E-state index is 0.233. The summed E-state index contributed by atoms with van der Waals surface area (Å²) in [6.07, 6.45) is -0.189. The highest BCUT2D eigenvalue weighted by atomic mass is 35.5. The van der Waals surface area contributed by atoms with Gasteiger partial charge in [-0.1, -0.05) is 35.9 Å². The lowest BCUT2D eigenvalue weighted by Gasteiger charge is -2.15. The van der Waals surface area contributed by atoms with Crippen molar-refractivity contribution in [2.24, 2.45) is 7.05 Å². The smallest absolute Gasteiger partial charge is 0.346 e. The summed E-state index contributed by atoms with van der Waals surface area (Å²) in [5, 5.41) is 4.38. The average Bonchev–Trinajstić information content (AvgIpc) is 3.14. The zero-order valence-electron chi connectivity index (χ0n) is 22.0. The Kier molecular flexibility index (Phi) is 8.07. The van der Waals surface area contributed by atoms with E-state index in [1.165, 1.54) is 19.2 Å². The van der Waals surface area contributed by atoms with Gasteiger partial charge in [-0.3, -0.25) is 4.79 Å². The molecule has 0 radical (unpaired) electrons. The van der Waals surface area contributed by atoms with Crippen LogP contribution in [0.25, 0.3) is 10.9 Å². The van der Waals surface area contributed by atoms with Gasteiger partial charge in [-0.05, 0) is 80.3 Å². The summed E-state index contributed by atoms with van der Waals surface area (Å²) in [6.45, 7) is 5.47. The van der Waals surface area contributed by atoms with Crippen LogP contribution in [0.1, 0.15) is 52.6 Å². The highest BCUT2D eigenvalue weighted by Gasteiger charge is 2.19. The molecule has 6 nitrogen and oxygen atoms in total. The van der Waals surface area contributed by atoms with E-state index in [1.807, 2.05) is 45.2 Å². The van der Waals surface area contributed by atoms with E-state index < -0.39 is 12.1 Å². The molecule has 0 bridgehead atoms. The van der Waals surface area contributed by atoms with Gasteiger partial charge in [0.1, 0.15) is 11.6 Å². The van der Waals surface area contributed by atoms with Crippen LogP contribution in [0, 0.1) is 12.7 Å². The van der Waals surface area contributed by atoms with Crippen LogP contribution in [0.5, 0.6) is 5.75 Å². The van der Waals surface area contributed by atoms with Crippen LogP contribution in [0.3, 0.4) is 0 Å². The number of fused-ring (bicyclic) bond motifs is 1. The number of aromatic nitrogens is 1. The lowest BCUT2D eigenvalue weighted by atomic mass is 10.0. The molecule has 1 aromatic heterocycles. The number of hydrogen-bond acceptors (Lipinski definition) is 4. The number of carbonyl (C=O) groups is 2. The molecule has 0 fully saturated rings. The van der Waals surface area contributed by atoms with Crippen molar-refractivity contribution in [3.8, 4) is 5.75 Å². The van der Waals surface area contributed by atoms with Crippen molar-refractivity contribution >= 4 is 34.4 Å². The van der Waals surface area contributed by atoms with Gasteiger partial charge < -0.3 is 19.4 Å². The van der Waals surface area contributed by atoms with Crippen LogP contribution < -0.4 is 10.1 Å².